The van der Waals surface area contributed by atoms with Crippen molar-refractivity contribution in [1.82, 2.24) is 0 Å². The number of carbonyl (C=O) groups excluding carboxylic acids is 1. The first-order chi connectivity index (χ1) is 7.81. The lowest BCUT2D eigenvalue weighted by Gasteiger charge is -2.09. The van der Waals surface area contributed by atoms with Gasteiger partial charge in [-0.2, -0.15) is 0 Å². The molecular weight excluding hydrogens is 204 g/mol. The van der Waals surface area contributed by atoms with E-state index in [4.69, 9.17) is 9.47 Å². The zero-order valence-electron chi connectivity index (χ0n) is 9.44. The summed E-state index contributed by atoms with van der Waals surface area (Å²) in [4.78, 5) is 11.7. The first-order valence-corrected chi connectivity index (χ1v) is 5.66. The predicted molar refractivity (Wildman–Crippen MR) is 60.7 cm³/mol. The van der Waals surface area contributed by atoms with E-state index in [1.807, 2.05) is 31.2 Å². The van der Waals surface area contributed by atoms with Crippen LogP contribution >= 0.6 is 0 Å². The van der Waals surface area contributed by atoms with Crippen molar-refractivity contribution in [1.29, 1.82) is 0 Å². The lowest BCUT2D eigenvalue weighted by atomic mass is 10.1. The van der Waals surface area contributed by atoms with Gasteiger partial charge in [-0.3, -0.25) is 4.79 Å². The van der Waals surface area contributed by atoms with Crippen molar-refractivity contribution in [3.05, 3.63) is 29.8 Å². The van der Waals surface area contributed by atoms with Gasteiger partial charge in [0.15, 0.2) is 11.9 Å². The lowest BCUT2D eigenvalue weighted by Crippen LogP contribution is -2.29. The van der Waals surface area contributed by atoms with Crippen LogP contribution in [0.2, 0.25) is 0 Å². The molecule has 0 saturated carbocycles. The van der Waals surface area contributed by atoms with Gasteiger partial charge in [0.05, 0.1) is 0 Å². The van der Waals surface area contributed by atoms with Crippen LogP contribution in [-0.2, 0) is 16.0 Å². The van der Waals surface area contributed by atoms with Gasteiger partial charge in [0.1, 0.15) is 12.4 Å². The Morgan fingerprint density at radius 1 is 1.50 bits per heavy atom. The molecule has 3 nitrogen and oxygen atoms in total. The van der Waals surface area contributed by atoms with E-state index in [2.05, 4.69) is 0 Å². The molecule has 0 spiro atoms. The third-order valence-electron chi connectivity index (χ3n) is 2.60. The summed E-state index contributed by atoms with van der Waals surface area (Å²) in [6.07, 6.45) is 1.25. The van der Waals surface area contributed by atoms with Crippen molar-refractivity contribution in [2.45, 2.75) is 25.9 Å². The Morgan fingerprint density at radius 3 is 3.06 bits per heavy atom. The average molecular weight is 220 g/mol. The first-order valence-electron chi connectivity index (χ1n) is 5.66. The number of benzene rings is 1. The van der Waals surface area contributed by atoms with Gasteiger partial charge in [0, 0.05) is 13.0 Å². The van der Waals surface area contributed by atoms with Gasteiger partial charge in [-0.1, -0.05) is 25.1 Å². The molecule has 2 rings (SSSR count). The third kappa shape index (κ3) is 2.42. The molecule has 3 heteroatoms. The molecule has 0 amide bonds. The van der Waals surface area contributed by atoms with Crippen molar-refractivity contribution in [2.75, 3.05) is 13.2 Å². The number of rotatable bonds is 5. The molecule has 0 fully saturated rings. The molecule has 1 aromatic rings. The largest absolute Gasteiger partial charge is 0.482 e. The summed E-state index contributed by atoms with van der Waals surface area (Å²) < 4.78 is 10.8. The molecule has 1 unspecified atom stereocenters. The van der Waals surface area contributed by atoms with Crippen LogP contribution in [0.15, 0.2) is 24.3 Å². The standard InChI is InChI=1S/C13H16O3/c1-2-7-15-9-11(14)13-8-10-5-3-4-6-12(10)16-13/h3-6,13H,2,7-9H2,1H3. The van der Waals surface area contributed by atoms with Gasteiger partial charge in [-0.15, -0.1) is 0 Å². The highest BCUT2D eigenvalue weighted by Crippen LogP contribution is 2.28. The normalized spacial score (nSPS) is 17.9. The number of fused-ring (bicyclic) bond motifs is 1. The Labute approximate surface area is 95.4 Å². The zero-order chi connectivity index (χ0) is 11.4. The molecule has 1 atom stereocenters. The number of hydrogen-bond acceptors (Lipinski definition) is 3. The quantitative estimate of drug-likeness (QED) is 0.712. The topological polar surface area (TPSA) is 35.5 Å². The third-order valence-corrected chi connectivity index (χ3v) is 2.60. The Bertz CT molecular complexity index is 348. The molecule has 0 saturated heterocycles. The van der Waals surface area contributed by atoms with E-state index in [1.54, 1.807) is 0 Å². The van der Waals surface area contributed by atoms with Crippen LogP contribution in [0.3, 0.4) is 0 Å². The van der Waals surface area contributed by atoms with E-state index < -0.39 is 0 Å². The molecule has 86 valence electrons. The predicted octanol–water partition coefficient (Wildman–Crippen LogP) is 1.99. The van der Waals surface area contributed by atoms with Crippen LogP contribution in [0, 0.1) is 0 Å². The minimum Gasteiger partial charge on any atom is -0.482 e. The maximum absolute atomic E-state index is 11.7. The molecule has 1 aliphatic rings. The second-order valence-electron chi connectivity index (χ2n) is 3.94. The molecular formula is C13H16O3. The smallest absolute Gasteiger partial charge is 0.199 e. The molecule has 0 radical (unpaired) electrons. The summed E-state index contributed by atoms with van der Waals surface area (Å²) in [5, 5.41) is 0. The molecule has 0 bridgehead atoms. The number of hydrogen-bond donors (Lipinski definition) is 0. The van der Waals surface area contributed by atoms with Crippen LogP contribution in [-0.4, -0.2) is 25.1 Å². The Balaban J connectivity index is 1.88. The highest BCUT2D eigenvalue weighted by molar-refractivity contribution is 5.85. The van der Waals surface area contributed by atoms with Crippen molar-refractivity contribution in [3.63, 3.8) is 0 Å². The van der Waals surface area contributed by atoms with E-state index >= 15 is 0 Å². The Morgan fingerprint density at radius 2 is 2.31 bits per heavy atom. The van der Waals surface area contributed by atoms with Gasteiger partial charge in [-0.25, -0.2) is 0 Å². The fourth-order valence-electron chi connectivity index (χ4n) is 1.77. The molecule has 1 heterocycles. The summed E-state index contributed by atoms with van der Waals surface area (Å²) in [5.41, 5.74) is 1.11. The molecule has 1 aromatic carbocycles. The minimum absolute atomic E-state index is 0.0321. The summed E-state index contributed by atoms with van der Waals surface area (Å²) in [5.74, 6) is 0.862. The lowest BCUT2D eigenvalue weighted by molar-refractivity contribution is -0.129. The molecule has 0 N–H and O–H groups in total. The van der Waals surface area contributed by atoms with Gasteiger partial charge < -0.3 is 9.47 Å². The summed E-state index contributed by atoms with van der Waals surface area (Å²) in [7, 11) is 0. The number of Topliss-reactive ketones (excluding diaryl/α,β-unsaturated/α-hetero) is 1. The fourth-order valence-corrected chi connectivity index (χ4v) is 1.77. The van der Waals surface area contributed by atoms with Gasteiger partial charge in [0.2, 0.25) is 0 Å². The van der Waals surface area contributed by atoms with E-state index in [9.17, 15) is 4.79 Å². The molecule has 1 aliphatic heterocycles. The van der Waals surface area contributed by atoms with E-state index in [0.29, 0.717) is 13.0 Å². The molecule has 0 aliphatic carbocycles. The molecule has 0 aromatic heterocycles. The van der Waals surface area contributed by atoms with Gasteiger partial charge in [0.25, 0.3) is 0 Å². The van der Waals surface area contributed by atoms with Gasteiger partial charge in [-0.05, 0) is 18.1 Å². The highest BCUT2D eigenvalue weighted by atomic mass is 16.5. The van der Waals surface area contributed by atoms with Crippen LogP contribution in [0.4, 0.5) is 0 Å². The Kier molecular flexibility index (Phi) is 3.57. The summed E-state index contributed by atoms with van der Waals surface area (Å²) >= 11 is 0. The van der Waals surface area contributed by atoms with Gasteiger partial charge >= 0.3 is 0 Å². The number of ether oxygens (including phenoxy) is 2. The highest BCUT2D eigenvalue weighted by Gasteiger charge is 2.28. The SMILES string of the molecule is CCCOCC(=O)C1Cc2ccccc2O1. The molecule has 16 heavy (non-hydrogen) atoms. The zero-order valence-corrected chi connectivity index (χ0v) is 9.44. The van der Waals surface area contributed by atoms with E-state index in [-0.39, 0.29) is 18.5 Å². The fraction of sp³-hybridized carbons (Fsp3) is 0.462. The minimum atomic E-state index is -0.353. The van der Waals surface area contributed by atoms with E-state index in [1.165, 1.54) is 0 Å². The van der Waals surface area contributed by atoms with Crippen molar-refractivity contribution < 1.29 is 14.3 Å². The van der Waals surface area contributed by atoms with Crippen molar-refractivity contribution >= 4 is 5.78 Å². The second-order valence-corrected chi connectivity index (χ2v) is 3.94. The van der Waals surface area contributed by atoms with Crippen molar-refractivity contribution in [2.24, 2.45) is 0 Å². The summed E-state index contributed by atoms with van der Waals surface area (Å²) in [6.45, 7) is 2.81. The first kappa shape index (κ1) is 11.1. The maximum atomic E-state index is 11.7. The second kappa shape index (κ2) is 5.12. The van der Waals surface area contributed by atoms with E-state index in [0.717, 1.165) is 17.7 Å². The van der Waals surface area contributed by atoms with Crippen LogP contribution in [0.25, 0.3) is 0 Å². The number of carbonyl (C=O) groups is 1. The van der Waals surface area contributed by atoms with Crippen molar-refractivity contribution in [3.8, 4) is 5.75 Å². The summed E-state index contributed by atoms with van der Waals surface area (Å²) in [6, 6.07) is 7.77. The number of para-hydroxylation sites is 1. The number of ketones is 1. The Hall–Kier alpha value is -1.35. The average Bonchev–Trinajstić information content (AvgIpc) is 2.73. The van der Waals surface area contributed by atoms with Crippen LogP contribution in [0.5, 0.6) is 5.75 Å². The van der Waals surface area contributed by atoms with Crippen LogP contribution < -0.4 is 4.74 Å². The van der Waals surface area contributed by atoms with Crippen LogP contribution in [0.1, 0.15) is 18.9 Å². The maximum Gasteiger partial charge on any atom is 0.199 e. The monoisotopic (exact) mass is 220 g/mol.